The third-order valence-electron chi connectivity index (χ3n) is 5.01. The Bertz CT molecular complexity index is 552. The number of hydrogen-bond acceptors (Lipinski definition) is 6. The third kappa shape index (κ3) is 5.95. The van der Waals surface area contributed by atoms with Crippen LogP contribution in [0.3, 0.4) is 0 Å². The highest BCUT2D eigenvalue weighted by Crippen LogP contribution is 2.19. The minimum absolute atomic E-state index is 0.000625. The molecule has 0 atom stereocenters. The Morgan fingerprint density at radius 1 is 1.04 bits per heavy atom. The molecule has 2 N–H and O–H groups in total. The number of carbonyl (C=O) groups excluding carboxylic acids is 1. The maximum absolute atomic E-state index is 12.1. The van der Waals surface area contributed by atoms with Crippen LogP contribution in [0.2, 0.25) is 0 Å². The number of piperazine rings is 1. The third-order valence-corrected chi connectivity index (χ3v) is 5.01. The second kappa shape index (κ2) is 9.87. The number of nitrogens with one attached hydrogen (secondary N) is 2. The van der Waals surface area contributed by atoms with Crippen LogP contribution in [0.25, 0.3) is 0 Å². The molecule has 0 spiro atoms. The fourth-order valence-electron chi connectivity index (χ4n) is 3.29. The van der Waals surface area contributed by atoms with Gasteiger partial charge >= 0.3 is 0 Å². The fourth-order valence-corrected chi connectivity index (χ4v) is 3.29. The molecule has 7 heteroatoms. The van der Waals surface area contributed by atoms with Crippen LogP contribution in [0.4, 0.5) is 11.4 Å². The Morgan fingerprint density at radius 2 is 1.73 bits per heavy atom. The molecule has 1 amide bonds. The number of ether oxygens (including phenoxy) is 1. The van der Waals surface area contributed by atoms with Crippen LogP contribution in [0.15, 0.2) is 24.3 Å². The van der Waals surface area contributed by atoms with E-state index in [4.69, 9.17) is 4.74 Å². The van der Waals surface area contributed by atoms with Gasteiger partial charge in [0.1, 0.15) is 0 Å². The largest absolute Gasteiger partial charge is 0.379 e. The normalized spacial score (nSPS) is 19.5. The molecular formula is C19H31N5O2. The number of rotatable bonds is 7. The van der Waals surface area contributed by atoms with Gasteiger partial charge in [-0.05, 0) is 31.3 Å². The summed E-state index contributed by atoms with van der Waals surface area (Å²) < 4.78 is 5.33. The quantitative estimate of drug-likeness (QED) is 0.681. The van der Waals surface area contributed by atoms with E-state index in [9.17, 15) is 4.79 Å². The number of amides is 1. The number of carbonyl (C=O) groups is 1. The first-order valence-corrected chi connectivity index (χ1v) is 9.55. The molecule has 0 aromatic heterocycles. The predicted molar refractivity (Wildman–Crippen MR) is 105 cm³/mol. The first-order valence-electron chi connectivity index (χ1n) is 9.55. The lowest BCUT2D eigenvalue weighted by Gasteiger charge is -2.34. The summed E-state index contributed by atoms with van der Waals surface area (Å²) in [5.74, 6) is -0.000625. The number of likely N-dealkylation sites (N-methyl/N-ethyl adjacent to an activating group) is 1. The zero-order chi connectivity index (χ0) is 18.2. The summed E-state index contributed by atoms with van der Waals surface area (Å²) in [5.41, 5.74) is 2.07. The Morgan fingerprint density at radius 3 is 2.42 bits per heavy atom. The van der Waals surface area contributed by atoms with Crippen LogP contribution >= 0.6 is 0 Å². The molecule has 0 radical (unpaired) electrons. The molecule has 0 bridgehead atoms. The van der Waals surface area contributed by atoms with Crippen LogP contribution in [-0.2, 0) is 9.53 Å². The van der Waals surface area contributed by atoms with Crippen molar-refractivity contribution in [3.05, 3.63) is 24.3 Å². The Labute approximate surface area is 156 Å². The van der Waals surface area contributed by atoms with E-state index in [1.807, 2.05) is 12.1 Å². The molecule has 0 saturated carbocycles. The van der Waals surface area contributed by atoms with Gasteiger partial charge in [0.25, 0.3) is 0 Å². The van der Waals surface area contributed by atoms with E-state index in [-0.39, 0.29) is 5.91 Å². The van der Waals surface area contributed by atoms with Crippen LogP contribution in [0.1, 0.15) is 0 Å². The highest BCUT2D eigenvalue weighted by Gasteiger charge is 2.14. The first kappa shape index (κ1) is 19.1. The lowest BCUT2D eigenvalue weighted by molar-refractivity contribution is -0.115. The van der Waals surface area contributed by atoms with Crippen molar-refractivity contribution >= 4 is 17.3 Å². The van der Waals surface area contributed by atoms with Gasteiger partial charge in [0.2, 0.25) is 5.91 Å². The predicted octanol–water partition coefficient (Wildman–Crippen LogP) is 0.299. The lowest BCUT2D eigenvalue weighted by atomic mass is 10.2. The standard InChI is InChI=1S/C19H31N5O2/c1-22-8-10-24(11-9-22)18-4-2-17(3-5-18)21-19(25)16-20-6-7-23-12-14-26-15-13-23/h2-5,20H,6-16H2,1H3,(H,21,25). The molecule has 2 heterocycles. The summed E-state index contributed by atoms with van der Waals surface area (Å²) >= 11 is 0. The van der Waals surface area contributed by atoms with Gasteiger partial charge < -0.3 is 25.2 Å². The van der Waals surface area contributed by atoms with Crippen molar-refractivity contribution in [2.24, 2.45) is 0 Å². The molecule has 2 aliphatic heterocycles. The average molecular weight is 361 g/mol. The second-order valence-electron chi connectivity index (χ2n) is 7.02. The van der Waals surface area contributed by atoms with Gasteiger partial charge in [-0.2, -0.15) is 0 Å². The number of anilines is 2. The Hall–Kier alpha value is -1.67. The molecular weight excluding hydrogens is 330 g/mol. The van der Waals surface area contributed by atoms with Gasteiger partial charge in [-0.15, -0.1) is 0 Å². The second-order valence-corrected chi connectivity index (χ2v) is 7.02. The van der Waals surface area contributed by atoms with Crippen LogP contribution in [0.5, 0.6) is 0 Å². The van der Waals surface area contributed by atoms with Crippen LogP contribution in [0, 0.1) is 0 Å². The van der Waals surface area contributed by atoms with Crippen molar-refractivity contribution in [2.45, 2.75) is 0 Å². The van der Waals surface area contributed by atoms with Gasteiger partial charge in [-0.25, -0.2) is 0 Å². The van der Waals surface area contributed by atoms with Crippen molar-refractivity contribution < 1.29 is 9.53 Å². The summed E-state index contributed by atoms with van der Waals surface area (Å²) in [4.78, 5) is 19.1. The smallest absolute Gasteiger partial charge is 0.238 e. The highest BCUT2D eigenvalue weighted by atomic mass is 16.5. The summed E-state index contributed by atoms with van der Waals surface area (Å²) in [6, 6.07) is 8.15. The number of nitrogens with zero attached hydrogens (tertiary/aromatic N) is 3. The molecule has 7 nitrogen and oxygen atoms in total. The van der Waals surface area contributed by atoms with E-state index < -0.39 is 0 Å². The van der Waals surface area contributed by atoms with Crippen molar-refractivity contribution in [2.75, 3.05) is 89.4 Å². The van der Waals surface area contributed by atoms with E-state index in [0.29, 0.717) is 6.54 Å². The fraction of sp³-hybridized carbons (Fsp3) is 0.632. The molecule has 26 heavy (non-hydrogen) atoms. The lowest BCUT2D eigenvalue weighted by Crippen LogP contribution is -2.44. The van der Waals surface area contributed by atoms with E-state index in [1.54, 1.807) is 0 Å². The topological polar surface area (TPSA) is 60.1 Å². The summed E-state index contributed by atoms with van der Waals surface area (Å²) in [6.45, 7) is 9.97. The SMILES string of the molecule is CN1CCN(c2ccc(NC(=O)CNCCN3CCOCC3)cc2)CC1. The summed E-state index contributed by atoms with van der Waals surface area (Å²) in [5, 5.41) is 6.17. The van der Waals surface area contributed by atoms with Gasteiger partial charge in [-0.1, -0.05) is 0 Å². The number of hydrogen-bond donors (Lipinski definition) is 2. The average Bonchev–Trinajstić information content (AvgIpc) is 2.67. The van der Waals surface area contributed by atoms with Crippen LogP contribution in [-0.4, -0.2) is 94.9 Å². The molecule has 2 fully saturated rings. The van der Waals surface area contributed by atoms with E-state index >= 15 is 0 Å². The molecule has 2 saturated heterocycles. The van der Waals surface area contributed by atoms with Gasteiger partial charge in [0.15, 0.2) is 0 Å². The Kier molecular flexibility index (Phi) is 7.25. The number of benzene rings is 1. The van der Waals surface area contributed by atoms with Gasteiger partial charge in [0, 0.05) is 63.7 Å². The monoisotopic (exact) mass is 361 g/mol. The van der Waals surface area contributed by atoms with Crippen molar-refractivity contribution in [3.8, 4) is 0 Å². The maximum Gasteiger partial charge on any atom is 0.238 e. The van der Waals surface area contributed by atoms with Crippen molar-refractivity contribution in [3.63, 3.8) is 0 Å². The van der Waals surface area contributed by atoms with Crippen molar-refractivity contribution in [1.82, 2.24) is 15.1 Å². The molecule has 0 aliphatic carbocycles. The molecule has 144 valence electrons. The zero-order valence-corrected chi connectivity index (χ0v) is 15.7. The molecule has 0 unspecified atom stereocenters. The molecule has 2 aliphatic rings. The summed E-state index contributed by atoms with van der Waals surface area (Å²) in [6.07, 6.45) is 0. The minimum Gasteiger partial charge on any atom is -0.379 e. The minimum atomic E-state index is -0.000625. The first-order chi connectivity index (χ1) is 12.7. The van der Waals surface area contributed by atoms with E-state index in [0.717, 1.165) is 71.3 Å². The summed E-state index contributed by atoms with van der Waals surface area (Å²) in [7, 11) is 2.16. The maximum atomic E-state index is 12.1. The van der Waals surface area contributed by atoms with Gasteiger partial charge in [-0.3, -0.25) is 9.69 Å². The van der Waals surface area contributed by atoms with Crippen molar-refractivity contribution in [1.29, 1.82) is 0 Å². The number of morpholine rings is 1. The van der Waals surface area contributed by atoms with E-state index in [1.165, 1.54) is 5.69 Å². The van der Waals surface area contributed by atoms with Crippen LogP contribution < -0.4 is 15.5 Å². The highest BCUT2D eigenvalue weighted by molar-refractivity contribution is 5.92. The molecule has 1 aromatic rings. The van der Waals surface area contributed by atoms with E-state index in [2.05, 4.69) is 44.5 Å². The van der Waals surface area contributed by atoms with Gasteiger partial charge in [0.05, 0.1) is 19.8 Å². The molecule has 1 aromatic carbocycles. The molecule has 3 rings (SSSR count). The Balaban J connectivity index is 1.34. The zero-order valence-electron chi connectivity index (χ0n) is 15.7.